The number of imide groups is 1. The Balaban J connectivity index is 2.44. The summed E-state index contributed by atoms with van der Waals surface area (Å²) in [6.45, 7) is 5.43. The summed E-state index contributed by atoms with van der Waals surface area (Å²) in [5, 5.41) is 19.6. The number of hydrazine groups is 1. The highest BCUT2D eigenvalue weighted by atomic mass is 16.3. The number of phenols is 2. The van der Waals surface area contributed by atoms with Crippen molar-refractivity contribution in [2.24, 2.45) is 0 Å². The first kappa shape index (κ1) is 12.4. The van der Waals surface area contributed by atoms with Crippen LogP contribution in [0.5, 0.6) is 11.5 Å². The topological polar surface area (TPSA) is 89.9 Å². The van der Waals surface area contributed by atoms with Crippen molar-refractivity contribution in [1.82, 2.24) is 10.4 Å². The van der Waals surface area contributed by atoms with Crippen LogP contribution in [0.25, 0.3) is 0 Å². The van der Waals surface area contributed by atoms with Crippen molar-refractivity contribution in [2.45, 2.75) is 26.3 Å². The van der Waals surface area contributed by atoms with Crippen LogP contribution >= 0.6 is 0 Å². The molecular weight excluding hydrogens is 236 g/mol. The third-order valence-electron chi connectivity index (χ3n) is 2.43. The monoisotopic (exact) mass is 250 g/mol. The molecule has 0 aromatic heterocycles. The lowest BCUT2D eigenvalue weighted by molar-refractivity contribution is 0.0493. The summed E-state index contributed by atoms with van der Waals surface area (Å²) in [6, 6.07) is 2.18. The van der Waals surface area contributed by atoms with Crippen LogP contribution in [0.15, 0.2) is 12.1 Å². The number of phenolic OH excluding ortho intramolecular Hbond substituents is 2. The summed E-state index contributed by atoms with van der Waals surface area (Å²) in [5.74, 6) is -1.93. The van der Waals surface area contributed by atoms with E-state index in [2.05, 4.69) is 5.43 Å². The molecule has 0 bridgehead atoms. The number of carbonyl (C=O) groups excluding carboxylic acids is 2. The molecule has 0 unspecified atom stereocenters. The third kappa shape index (κ3) is 1.91. The van der Waals surface area contributed by atoms with Gasteiger partial charge in [-0.1, -0.05) is 0 Å². The van der Waals surface area contributed by atoms with Gasteiger partial charge in [-0.15, -0.1) is 0 Å². The number of nitrogens with one attached hydrogen (secondary N) is 1. The van der Waals surface area contributed by atoms with Gasteiger partial charge >= 0.3 is 0 Å². The second kappa shape index (κ2) is 3.71. The number of hydrogen-bond acceptors (Lipinski definition) is 5. The van der Waals surface area contributed by atoms with Gasteiger partial charge in [0.05, 0.1) is 11.1 Å². The van der Waals surface area contributed by atoms with Crippen LogP contribution in [0.3, 0.4) is 0 Å². The van der Waals surface area contributed by atoms with E-state index in [1.165, 1.54) is 0 Å². The fourth-order valence-electron chi connectivity index (χ4n) is 1.70. The van der Waals surface area contributed by atoms with Gasteiger partial charge in [0, 0.05) is 5.54 Å². The highest BCUT2D eigenvalue weighted by Crippen LogP contribution is 2.33. The van der Waals surface area contributed by atoms with Crippen molar-refractivity contribution in [3.8, 4) is 11.5 Å². The van der Waals surface area contributed by atoms with E-state index in [9.17, 15) is 19.8 Å². The summed E-state index contributed by atoms with van der Waals surface area (Å²) in [7, 11) is 0. The second-order valence-electron chi connectivity index (χ2n) is 5.19. The Morgan fingerprint density at radius 3 is 1.72 bits per heavy atom. The Labute approximate surface area is 104 Å². The number of rotatable bonds is 1. The lowest BCUT2D eigenvalue weighted by Gasteiger charge is -2.26. The number of benzene rings is 1. The number of nitrogens with zero attached hydrogens (tertiary/aromatic N) is 1. The molecule has 0 aliphatic carbocycles. The van der Waals surface area contributed by atoms with Gasteiger partial charge in [0.25, 0.3) is 11.8 Å². The molecule has 0 spiro atoms. The number of carbonyl (C=O) groups is 2. The molecule has 1 aliphatic rings. The summed E-state index contributed by atoms with van der Waals surface area (Å²) in [6.07, 6.45) is 0. The van der Waals surface area contributed by atoms with E-state index in [1.54, 1.807) is 0 Å². The molecule has 1 heterocycles. The predicted molar refractivity (Wildman–Crippen MR) is 63.2 cm³/mol. The van der Waals surface area contributed by atoms with Crippen LogP contribution in [0.2, 0.25) is 0 Å². The van der Waals surface area contributed by atoms with Gasteiger partial charge in [0.2, 0.25) is 0 Å². The molecule has 18 heavy (non-hydrogen) atoms. The predicted octanol–water partition coefficient (Wildman–Crippen LogP) is 0.997. The minimum absolute atomic E-state index is 0.0760. The van der Waals surface area contributed by atoms with Gasteiger partial charge in [0.15, 0.2) is 11.5 Å². The zero-order valence-corrected chi connectivity index (χ0v) is 10.3. The van der Waals surface area contributed by atoms with E-state index in [1.807, 2.05) is 20.8 Å². The van der Waals surface area contributed by atoms with Crippen molar-refractivity contribution in [1.29, 1.82) is 0 Å². The van der Waals surface area contributed by atoms with Gasteiger partial charge in [-0.3, -0.25) is 9.59 Å². The summed E-state index contributed by atoms with van der Waals surface area (Å²) in [5.41, 5.74) is 2.47. The molecule has 96 valence electrons. The maximum absolute atomic E-state index is 12.0. The molecule has 6 nitrogen and oxygen atoms in total. The maximum Gasteiger partial charge on any atom is 0.276 e. The molecule has 3 N–H and O–H groups in total. The number of hydrogen-bond donors (Lipinski definition) is 3. The van der Waals surface area contributed by atoms with Crippen LogP contribution < -0.4 is 5.43 Å². The fourth-order valence-corrected chi connectivity index (χ4v) is 1.70. The van der Waals surface area contributed by atoms with E-state index >= 15 is 0 Å². The van der Waals surface area contributed by atoms with Crippen molar-refractivity contribution < 1.29 is 19.8 Å². The van der Waals surface area contributed by atoms with Gasteiger partial charge < -0.3 is 10.2 Å². The van der Waals surface area contributed by atoms with Crippen molar-refractivity contribution in [3.63, 3.8) is 0 Å². The molecule has 0 saturated carbocycles. The first-order valence-electron chi connectivity index (χ1n) is 5.43. The van der Waals surface area contributed by atoms with E-state index in [4.69, 9.17) is 0 Å². The third-order valence-corrected chi connectivity index (χ3v) is 2.43. The zero-order valence-electron chi connectivity index (χ0n) is 10.3. The van der Waals surface area contributed by atoms with Crippen molar-refractivity contribution in [2.75, 3.05) is 0 Å². The largest absolute Gasteiger partial charge is 0.504 e. The highest BCUT2D eigenvalue weighted by Gasteiger charge is 2.38. The molecule has 0 atom stereocenters. The lowest BCUT2D eigenvalue weighted by atomic mass is 10.1. The van der Waals surface area contributed by atoms with Gasteiger partial charge in [-0.05, 0) is 32.9 Å². The first-order valence-corrected chi connectivity index (χ1v) is 5.43. The summed E-state index contributed by atoms with van der Waals surface area (Å²) < 4.78 is 0. The minimum atomic E-state index is -0.541. The smallest absolute Gasteiger partial charge is 0.276 e. The molecule has 1 aromatic rings. The maximum atomic E-state index is 12.0. The molecule has 1 aliphatic heterocycles. The Hall–Kier alpha value is -2.08. The van der Waals surface area contributed by atoms with Gasteiger partial charge in [0.1, 0.15) is 0 Å². The summed E-state index contributed by atoms with van der Waals surface area (Å²) >= 11 is 0. The van der Waals surface area contributed by atoms with Crippen LogP contribution in [0, 0.1) is 0 Å². The van der Waals surface area contributed by atoms with Crippen LogP contribution in [0.4, 0.5) is 0 Å². The molecular formula is C12H14N2O4. The average Bonchev–Trinajstić information content (AvgIpc) is 2.44. The average molecular weight is 250 g/mol. The van der Waals surface area contributed by atoms with Crippen LogP contribution in [-0.2, 0) is 0 Å². The quantitative estimate of drug-likeness (QED) is 0.511. The molecule has 6 heteroatoms. The molecule has 1 aromatic carbocycles. The number of fused-ring (bicyclic) bond motifs is 1. The second-order valence-corrected chi connectivity index (χ2v) is 5.19. The Morgan fingerprint density at radius 2 is 1.39 bits per heavy atom. The minimum Gasteiger partial charge on any atom is -0.504 e. The Bertz CT molecular complexity index is 505. The first-order chi connectivity index (χ1) is 8.20. The standard InChI is InChI=1S/C12H14N2O4/c1-12(2,3)13-14-10(17)6-4-8(15)9(16)5-7(6)11(14)18/h4-5,13,15-16H,1-3H3. The SMILES string of the molecule is CC(C)(C)NN1C(=O)c2cc(O)c(O)cc2C1=O. The Morgan fingerprint density at radius 1 is 1.00 bits per heavy atom. The number of aromatic hydroxyl groups is 2. The molecule has 0 radical (unpaired) electrons. The molecule has 0 fully saturated rings. The van der Waals surface area contributed by atoms with Crippen molar-refractivity contribution in [3.05, 3.63) is 23.3 Å². The van der Waals surface area contributed by atoms with E-state index in [-0.39, 0.29) is 11.1 Å². The molecule has 0 saturated heterocycles. The Kier molecular flexibility index (Phi) is 2.55. The van der Waals surface area contributed by atoms with E-state index < -0.39 is 28.9 Å². The van der Waals surface area contributed by atoms with Crippen molar-refractivity contribution >= 4 is 11.8 Å². The zero-order chi connectivity index (χ0) is 13.7. The van der Waals surface area contributed by atoms with E-state index in [0.29, 0.717) is 0 Å². The summed E-state index contributed by atoms with van der Waals surface area (Å²) in [4.78, 5) is 24.0. The normalized spacial score (nSPS) is 15.2. The number of amides is 2. The lowest BCUT2D eigenvalue weighted by Crippen LogP contribution is -2.51. The molecule has 2 amide bonds. The van der Waals surface area contributed by atoms with Gasteiger partial charge in [-0.25, -0.2) is 10.4 Å². The fraction of sp³-hybridized carbons (Fsp3) is 0.333. The van der Waals surface area contributed by atoms with Crippen LogP contribution in [0.1, 0.15) is 41.5 Å². The molecule has 2 rings (SSSR count). The van der Waals surface area contributed by atoms with E-state index in [0.717, 1.165) is 17.1 Å². The van der Waals surface area contributed by atoms with Gasteiger partial charge in [-0.2, -0.15) is 0 Å². The van der Waals surface area contributed by atoms with Crippen LogP contribution in [-0.4, -0.2) is 32.6 Å². The highest BCUT2D eigenvalue weighted by molar-refractivity contribution is 6.21.